The molecular weight excluding hydrogens is 377 g/mol. The number of carbonyl (C=O) groups is 1. The van der Waals surface area contributed by atoms with Crippen LogP contribution in [-0.2, 0) is 11.2 Å². The van der Waals surface area contributed by atoms with Crippen LogP contribution in [0.2, 0.25) is 10.0 Å². The third-order valence-electron chi connectivity index (χ3n) is 3.83. The maximum Gasteiger partial charge on any atom is 0.341 e. The summed E-state index contributed by atoms with van der Waals surface area (Å²) in [5.41, 5.74) is 2.25. The minimum atomic E-state index is -1.17. The molecule has 7 heteroatoms. The lowest BCUT2D eigenvalue weighted by atomic mass is 9.96. The third kappa shape index (κ3) is 4.40. The monoisotopic (exact) mass is 393 g/mol. The zero-order chi connectivity index (χ0) is 19.4. The van der Waals surface area contributed by atoms with Crippen molar-refractivity contribution >= 4 is 29.2 Å². The average molecular weight is 394 g/mol. The summed E-state index contributed by atoms with van der Waals surface area (Å²) in [6.45, 7) is 3.35. The van der Waals surface area contributed by atoms with Gasteiger partial charge in [-0.15, -0.1) is 0 Å². The molecule has 0 fully saturated rings. The Morgan fingerprint density at radius 1 is 1.31 bits per heavy atom. The highest BCUT2D eigenvalue weighted by Crippen LogP contribution is 2.37. The molecule has 0 aliphatic heterocycles. The summed E-state index contributed by atoms with van der Waals surface area (Å²) in [5, 5.41) is 28.4. The first kappa shape index (κ1) is 19.9. The van der Waals surface area contributed by atoms with Gasteiger partial charge in [-0.25, -0.2) is 4.79 Å². The zero-order valence-corrected chi connectivity index (χ0v) is 15.7. The molecule has 0 saturated carbocycles. The van der Waals surface area contributed by atoms with Gasteiger partial charge in [0.1, 0.15) is 23.1 Å². The van der Waals surface area contributed by atoms with Crippen molar-refractivity contribution in [3.63, 3.8) is 0 Å². The van der Waals surface area contributed by atoms with Crippen LogP contribution in [0.15, 0.2) is 24.3 Å². The number of rotatable bonds is 6. The molecule has 5 nitrogen and oxygen atoms in total. The van der Waals surface area contributed by atoms with E-state index >= 15 is 0 Å². The van der Waals surface area contributed by atoms with Gasteiger partial charge in [-0.3, -0.25) is 0 Å². The van der Waals surface area contributed by atoms with Crippen LogP contribution in [0.25, 0.3) is 0 Å². The molecule has 0 radical (unpaired) electrons. The largest absolute Gasteiger partial charge is 0.508 e. The van der Waals surface area contributed by atoms with Crippen LogP contribution < -0.4 is 4.74 Å². The van der Waals surface area contributed by atoms with Gasteiger partial charge < -0.3 is 14.9 Å². The van der Waals surface area contributed by atoms with Crippen LogP contribution >= 0.6 is 23.2 Å². The minimum absolute atomic E-state index is 0.0298. The number of carboxylic acid groups (broad SMARTS) is 1. The predicted molar refractivity (Wildman–Crippen MR) is 99.3 cm³/mol. The van der Waals surface area contributed by atoms with Crippen molar-refractivity contribution in [2.24, 2.45) is 0 Å². The highest BCUT2D eigenvalue weighted by Gasteiger charge is 2.19. The number of hydrogen-bond acceptors (Lipinski definition) is 4. The second-order valence-electron chi connectivity index (χ2n) is 6.04. The number of hydrogen-bond donors (Lipinski definition) is 2. The average Bonchev–Trinajstić information content (AvgIpc) is 2.57. The van der Waals surface area contributed by atoms with E-state index in [-0.39, 0.29) is 33.0 Å². The number of phenolic OH excluding ortho intramolecular Hbond substituents is 1. The van der Waals surface area contributed by atoms with Crippen molar-refractivity contribution in [3.05, 3.63) is 56.6 Å². The molecule has 0 unspecified atom stereocenters. The van der Waals surface area contributed by atoms with E-state index in [0.717, 1.165) is 11.1 Å². The molecule has 136 valence electrons. The van der Waals surface area contributed by atoms with Crippen LogP contribution in [0, 0.1) is 11.3 Å². The van der Waals surface area contributed by atoms with Gasteiger partial charge in [0.2, 0.25) is 0 Å². The van der Waals surface area contributed by atoms with Crippen LogP contribution in [0.1, 0.15) is 42.0 Å². The van der Waals surface area contributed by atoms with Crippen LogP contribution in [0.5, 0.6) is 11.5 Å². The summed E-state index contributed by atoms with van der Waals surface area (Å²) in [7, 11) is 0. The maximum absolute atomic E-state index is 10.7. The fraction of sp³-hybridized carbons (Fsp3) is 0.263. The molecule has 0 bridgehead atoms. The summed E-state index contributed by atoms with van der Waals surface area (Å²) in [6.07, 6.45) is 0.353. The van der Waals surface area contributed by atoms with E-state index < -0.39 is 12.6 Å². The lowest BCUT2D eigenvalue weighted by Gasteiger charge is -2.15. The first-order chi connectivity index (χ1) is 12.2. The number of nitrogens with zero attached hydrogens (tertiary/aromatic N) is 1. The summed E-state index contributed by atoms with van der Waals surface area (Å²) >= 11 is 12.6. The van der Waals surface area contributed by atoms with Gasteiger partial charge in [-0.05, 0) is 28.7 Å². The molecule has 0 amide bonds. The number of ether oxygens (including phenoxy) is 1. The number of aliphatic carboxylic acids is 1. The second-order valence-corrected chi connectivity index (χ2v) is 6.83. The number of benzene rings is 2. The molecule has 0 aliphatic carbocycles. The van der Waals surface area contributed by atoms with Crippen molar-refractivity contribution in [3.8, 4) is 17.6 Å². The van der Waals surface area contributed by atoms with Crippen molar-refractivity contribution in [2.75, 3.05) is 6.61 Å². The number of phenols is 1. The number of nitriles is 1. The lowest BCUT2D eigenvalue weighted by Crippen LogP contribution is -2.10. The van der Waals surface area contributed by atoms with Gasteiger partial charge in [0.05, 0.1) is 5.02 Å². The van der Waals surface area contributed by atoms with Crippen LogP contribution in [0.4, 0.5) is 0 Å². The molecule has 0 spiro atoms. The molecule has 2 N–H and O–H groups in total. The number of carboxylic acids is 1. The normalized spacial score (nSPS) is 10.6. The SMILES string of the molecule is CC(C)c1cc(Cc2c(Cl)cc(OCC(=O)O)c(C#N)c2Cl)ccc1O. The van der Waals surface area contributed by atoms with E-state index in [4.69, 9.17) is 33.0 Å². The van der Waals surface area contributed by atoms with Crippen LogP contribution in [-0.4, -0.2) is 22.8 Å². The van der Waals surface area contributed by atoms with Gasteiger partial charge in [-0.2, -0.15) is 5.26 Å². The van der Waals surface area contributed by atoms with Crippen molar-refractivity contribution in [1.29, 1.82) is 5.26 Å². The summed E-state index contributed by atoms with van der Waals surface area (Å²) in [5.74, 6) is -0.781. The molecule has 0 saturated heterocycles. The third-order valence-corrected chi connectivity index (χ3v) is 4.59. The highest BCUT2D eigenvalue weighted by molar-refractivity contribution is 6.37. The molecule has 2 aromatic rings. The fourth-order valence-corrected chi connectivity index (χ4v) is 3.15. The van der Waals surface area contributed by atoms with E-state index in [1.165, 1.54) is 6.07 Å². The van der Waals surface area contributed by atoms with Gasteiger partial charge in [0.25, 0.3) is 0 Å². The standard InChI is InChI=1S/C19H17Cl2NO4/c1-10(2)12-5-11(3-4-16(12)23)6-13-15(20)7-17(26-9-18(24)25)14(8-22)19(13)21/h3-5,7,10,23H,6,9H2,1-2H3,(H,24,25). The van der Waals surface area contributed by atoms with Gasteiger partial charge in [-0.1, -0.05) is 49.2 Å². The van der Waals surface area contributed by atoms with Crippen molar-refractivity contribution in [2.45, 2.75) is 26.2 Å². The topological polar surface area (TPSA) is 90.5 Å². The smallest absolute Gasteiger partial charge is 0.341 e. The van der Waals surface area contributed by atoms with Gasteiger partial charge in [0, 0.05) is 17.5 Å². The Morgan fingerprint density at radius 3 is 2.58 bits per heavy atom. The van der Waals surface area contributed by atoms with E-state index in [2.05, 4.69) is 0 Å². The van der Waals surface area contributed by atoms with Crippen molar-refractivity contribution in [1.82, 2.24) is 0 Å². The zero-order valence-electron chi connectivity index (χ0n) is 14.2. The molecule has 0 aliphatic rings. The maximum atomic E-state index is 10.7. The van der Waals surface area contributed by atoms with Crippen molar-refractivity contribution < 1.29 is 19.7 Å². The number of halogens is 2. The molecule has 2 rings (SSSR count). The molecule has 2 aromatic carbocycles. The predicted octanol–water partition coefficient (Wildman–Crippen LogP) is 4.75. The lowest BCUT2D eigenvalue weighted by molar-refractivity contribution is -0.139. The fourth-order valence-electron chi connectivity index (χ4n) is 2.54. The second kappa shape index (κ2) is 8.31. The summed E-state index contributed by atoms with van der Waals surface area (Å²) in [6, 6.07) is 8.57. The molecule has 0 heterocycles. The van der Waals surface area contributed by atoms with Gasteiger partial charge >= 0.3 is 5.97 Å². The molecule has 0 atom stereocenters. The van der Waals surface area contributed by atoms with E-state index in [1.54, 1.807) is 12.1 Å². The molecule has 0 aromatic heterocycles. The minimum Gasteiger partial charge on any atom is -0.508 e. The van der Waals surface area contributed by atoms with E-state index in [9.17, 15) is 15.2 Å². The Labute approximate surface area is 161 Å². The first-order valence-electron chi connectivity index (χ1n) is 7.82. The van der Waals surface area contributed by atoms with Gasteiger partial charge in [0.15, 0.2) is 6.61 Å². The Kier molecular flexibility index (Phi) is 6.36. The Hall–Kier alpha value is -2.42. The summed E-state index contributed by atoms with van der Waals surface area (Å²) in [4.78, 5) is 10.7. The van der Waals surface area contributed by atoms with E-state index in [1.807, 2.05) is 26.0 Å². The Morgan fingerprint density at radius 2 is 2.00 bits per heavy atom. The Bertz CT molecular complexity index is 888. The Balaban J connectivity index is 2.43. The molecule has 26 heavy (non-hydrogen) atoms. The number of aromatic hydroxyl groups is 1. The quantitative estimate of drug-likeness (QED) is 0.738. The first-order valence-corrected chi connectivity index (χ1v) is 8.57. The van der Waals surface area contributed by atoms with E-state index in [0.29, 0.717) is 12.0 Å². The summed E-state index contributed by atoms with van der Waals surface area (Å²) < 4.78 is 5.10. The molecular formula is C19H17Cl2NO4. The highest BCUT2D eigenvalue weighted by atomic mass is 35.5. The van der Waals surface area contributed by atoms with Crippen LogP contribution in [0.3, 0.4) is 0 Å².